The van der Waals surface area contributed by atoms with Crippen molar-refractivity contribution in [2.75, 3.05) is 19.8 Å². The molecule has 2 rings (SSSR count). The van der Waals surface area contributed by atoms with E-state index in [1.165, 1.54) is 0 Å². The molecule has 0 saturated carbocycles. The zero-order valence-electron chi connectivity index (χ0n) is 10.5. The maximum atomic E-state index is 10.1. The van der Waals surface area contributed by atoms with Crippen molar-refractivity contribution in [1.29, 1.82) is 0 Å². The lowest BCUT2D eigenvalue weighted by Gasteiger charge is -2.23. The third-order valence-corrected chi connectivity index (χ3v) is 3.30. The van der Waals surface area contributed by atoms with Crippen LogP contribution in [-0.4, -0.2) is 40.2 Å². The molecule has 0 amide bonds. The molecule has 0 aromatic carbocycles. The number of aryl methyl sites for hydroxylation is 1. The summed E-state index contributed by atoms with van der Waals surface area (Å²) in [6.07, 6.45) is 4.62. The molecule has 1 aromatic rings. The fourth-order valence-electron chi connectivity index (χ4n) is 1.97. The van der Waals surface area contributed by atoms with Crippen LogP contribution in [0.2, 0.25) is 0 Å². The fourth-order valence-corrected chi connectivity index (χ4v) is 1.97. The normalized spacial score (nSPS) is 26.3. The lowest BCUT2D eigenvalue weighted by Crippen LogP contribution is -2.41. The van der Waals surface area contributed by atoms with Gasteiger partial charge in [-0.25, -0.2) is 0 Å². The van der Waals surface area contributed by atoms with Crippen molar-refractivity contribution in [3.05, 3.63) is 18.0 Å². The number of rotatable bonds is 5. The molecule has 1 aromatic heterocycles. The van der Waals surface area contributed by atoms with Crippen molar-refractivity contribution in [3.63, 3.8) is 0 Å². The Morgan fingerprint density at radius 2 is 2.53 bits per heavy atom. The summed E-state index contributed by atoms with van der Waals surface area (Å²) < 4.78 is 7.12. The number of hydrogen-bond donors (Lipinski definition) is 2. The number of nitrogens with one attached hydrogen (secondary N) is 1. The van der Waals surface area contributed by atoms with Gasteiger partial charge in [0.05, 0.1) is 12.8 Å². The summed E-state index contributed by atoms with van der Waals surface area (Å²) in [5.41, 5.74) is 0.448. The van der Waals surface area contributed by atoms with E-state index in [9.17, 15) is 5.11 Å². The molecule has 2 unspecified atom stereocenters. The maximum Gasteiger partial charge on any atom is 0.103 e. The zero-order chi connectivity index (χ0) is 12.3. The van der Waals surface area contributed by atoms with Crippen LogP contribution in [0.15, 0.2) is 12.4 Å². The second kappa shape index (κ2) is 5.16. The fraction of sp³-hybridized carbons (Fsp3) is 0.750. The standard InChI is InChI=1S/C12H21N3O2/c1-3-15-7-11(6-14-15)10(2)13-8-12(16)4-5-17-9-12/h6-7,10,13,16H,3-5,8-9H2,1-2H3. The van der Waals surface area contributed by atoms with Crippen LogP contribution in [0.5, 0.6) is 0 Å². The minimum Gasteiger partial charge on any atom is -0.386 e. The number of ether oxygens (including phenoxy) is 1. The van der Waals surface area contributed by atoms with Crippen LogP contribution in [0.1, 0.15) is 31.9 Å². The van der Waals surface area contributed by atoms with E-state index < -0.39 is 5.60 Å². The highest BCUT2D eigenvalue weighted by molar-refractivity contribution is 5.09. The number of aromatic nitrogens is 2. The van der Waals surface area contributed by atoms with Crippen molar-refractivity contribution >= 4 is 0 Å². The summed E-state index contributed by atoms with van der Waals surface area (Å²) in [5.74, 6) is 0. The smallest absolute Gasteiger partial charge is 0.103 e. The van der Waals surface area contributed by atoms with Crippen LogP contribution in [0.4, 0.5) is 0 Å². The van der Waals surface area contributed by atoms with Gasteiger partial charge in [-0.05, 0) is 13.8 Å². The molecule has 0 bridgehead atoms. The Hall–Kier alpha value is -0.910. The first-order chi connectivity index (χ1) is 8.13. The van der Waals surface area contributed by atoms with Gasteiger partial charge in [-0.1, -0.05) is 0 Å². The van der Waals surface area contributed by atoms with E-state index >= 15 is 0 Å². The Morgan fingerprint density at radius 1 is 1.71 bits per heavy atom. The zero-order valence-corrected chi connectivity index (χ0v) is 10.5. The summed E-state index contributed by atoms with van der Waals surface area (Å²) in [5, 5.41) is 17.7. The molecule has 1 aliphatic heterocycles. The molecule has 0 aliphatic carbocycles. The Kier molecular flexibility index (Phi) is 3.81. The van der Waals surface area contributed by atoms with Gasteiger partial charge in [-0.3, -0.25) is 4.68 Å². The van der Waals surface area contributed by atoms with Crippen LogP contribution in [-0.2, 0) is 11.3 Å². The molecule has 5 heteroatoms. The van der Waals surface area contributed by atoms with E-state index in [0.29, 0.717) is 26.2 Å². The van der Waals surface area contributed by atoms with Gasteiger partial charge < -0.3 is 15.2 Å². The predicted molar refractivity (Wildman–Crippen MR) is 64.7 cm³/mol. The highest BCUT2D eigenvalue weighted by Crippen LogP contribution is 2.19. The van der Waals surface area contributed by atoms with E-state index in [4.69, 9.17) is 4.74 Å². The van der Waals surface area contributed by atoms with Gasteiger partial charge in [0.15, 0.2) is 0 Å². The summed E-state index contributed by atoms with van der Waals surface area (Å²) in [6.45, 7) is 6.67. The highest BCUT2D eigenvalue weighted by Gasteiger charge is 2.32. The molecule has 0 radical (unpaired) electrons. The van der Waals surface area contributed by atoms with Crippen LogP contribution in [0, 0.1) is 0 Å². The molecule has 1 fully saturated rings. The number of hydrogen-bond acceptors (Lipinski definition) is 4. The molecule has 17 heavy (non-hydrogen) atoms. The quantitative estimate of drug-likeness (QED) is 0.794. The highest BCUT2D eigenvalue weighted by atomic mass is 16.5. The van der Waals surface area contributed by atoms with E-state index in [2.05, 4.69) is 24.3 Å². The van der Waals surface area contributed by atoms with Gasteiger partial charge in [0, 0.05) is 43.9 Å². The molecule has 0 spiro atoms. The van der Waals surface area contributed by atoms with E-state index in [-0.39, 0.29) is 6.04 Å². The van der Waals surface area contributed by atoms with Crippen molar-refractivity contribution in [2.24, 2.45) is 0 Å². The topological polar surface area (TPSA) is 59.3 Å². The van der Waals surface area contributed by atoms with Gasteiger partial charge in [-0.15, -0.1) is 0 Å². The second-order valence-electron chi connectivity index (χ2n) is 4.76. The van der Waals surface area contributed by atoms with Crippen molar-refractivity contribution in [1.82, 2.24) is 15.1 Å². The van der Waals surface area contributed by atoms with Crippen molar-refractivity contribution < 1.29 is 9.84 Å². The van der Waals surface area contributed by atoms with E-state index in [0.717, 1.165) is 12.1 Å². The summed E-state index contributed by atoms with van der Waals surface area (Å²) in [7, 11) is 0. The monoisotopic (exact) mass is 239 g/mol. The van der Waals surface area contributed by atoms with Crippen LogP contribution in [0.25, 0.3) is 0 Å². The average molecular weight is 239 g/mol. The molecule has 2 heterocycles. The largest absolute Gasteiger partial charge is 0.386 e. The third kappa shape index (κ3) is 3.06. The van der Waals surface area contributed by atoms with Gasteiger partial charge in [0.2, 0.25) is 0 Å². The number of aliphatic hydroxyl groups is 1. The van der Waals surface area contributed by atoms with E-state index in [1.54, 1.807) is 0 Å². The molecule has 5 nitrogen and oxygen atoms in total. The van der Waals surface area contributed by atoms with Crippen LogP contribution in [0.3, 0.4) is 0 Å². The molecular weight excluding hydrogens is 218 g/mol. The first-order valence-corrected chi connectivity index (χ1v) is 6.19. The molecular formula is C12H21N3O2. The lowest BCUT2D eigenvalue weighted by molar-refractivity contribution is 0.0252. The Bertz CT molecular complexity index is 358. The first-order valence-electron chi connectivity index (χ1n) is 6.19. The minimum atomic E-state index is -0.699. The Balaban J connectivity index is 1.86. The Morgan fingerprint density at radius 3 is 3.12 bits per heavy atom. The summed E-state index contributed by atoms with van der Waals surface area (Å²) >= 11 is 0. The maximum absolute atomic E-state index is 10.1. The minimum absolute atomic E-state index is 0.194. The van der Waals surface area contributed by atoms with E-state index in [1.807, 2.05) is 17.1 Å². The second-order valence-corrected chi connectivity index (χ2v) is 4.76. The molecule has 1 aliphatic rings. The molecule has 2 N–H and O–H groups in total. The van der Waals surface area contributed by atoms with Crippen LogP contribution >= 0.6 is 0 Å². The first kappa shape index (κ1) is 12.5. The predicted octanol–water partition coefficient (Wildman–Crippen LogP) is 0.705. The SMILES string of the molecule is CCn1cc(C(C)NCC2(O)CCOC2)cn1. The molecule has 1 saturated heterocycles. The van der Waals surface area contributed by atoms with Crippen molar-refractivity contribution in [3.8, 4) is 0 Å². The Labute approximate surface area is 102 Å². The van der Waals surface area contributed by atoms with Crippen LogP contribution < -0.4 is 5.32 Å². The average Bonchev–Trinajstić information content (AvgIpc) is 2.95. The van der Waals surface area contributed by atoms with Gasteiger partial charge in [-0.2, -0.15) is 5.10 Å². The van der Waals surface area contributed by atoms with Crippen molar-refractivity contribution in [2.45, 2.75) is 38.5 Å². The van der Waals surface area contributed by atoms with Gasteiger partial charge in [0.25, 0.3) is 0 Å². The lowest BCUT2D eigenvalue weighted by atomic mass is 10.0. The third-order valence-electron chi connectivity index (χ3n) is 3.30. The molecule has 2 atom stereocenters. The number of nitrogens with zero attached hydrogens (tertiary/aromatic N) is 2. The van der Waals surface area contributed by atoms with Gasteiger partial charge >= 0.3 is 0 Å². The summed E-state index contributed by atoms with van der Waals surface area (Å²) in [6, 6.07) is 0.194. The molecule has 96 valence electrons. The summed E-state index contributed by atoms with van der Waals surface area (Å²) in [4.78, 5) is 0. The van der Waals surface area contributed by atoms with Gasteiger partial charge in [0.1, 0.15) is 5.60 Å².